The van der Waals surface area contributed by atoms with E-state index < -0.39 is 51.9 Å². The van der Waals surface area contributed by atoms with Crippen molar-refractivity contribution in [2.45, 2.75) is 37.7 Å². The van der Waals surface area contributed by atoms with Crippen molar-refractivity contribution in [1.82, 2.24) is 5.32 Å². The predicted octanol–water partition coefficient (Wildman–Crippen LogP) is -0.816. The molecular weight excluding hydrogens is 481 g/mol. The van der Waals surface area contributed by atoms with Gasteiger partial charge in [0, 0.05) is 0 Å². The van der Waals surface area contributed by atoms with Crippen LogP contribution in [0.4, 0.5) is 4.79 Å². The Hall–Kier alpha value is -0.870. The van der Waals surface area contributed by atoms with Crippen LogP contribution >= 0.6 is 15.9 Å². The molecule has 23 heavy (non-hydrogen) atoms. The molecule has 0 bridgehead atoms. The molecule has 0 spiro atoms. The molecule has 0 aliphatic rings. The van der Waals surface area contributed by atoms with Crippen molar-refractivity contribution in [3.63, 3.8) is 0 Å². The number of ether oxygens (including phenoxy) is 1. The molecule has 0 saturated heterocycles. The van der Waals surface area contributed by atoms with Crippen LogP contribution in [0, 0.1) is 3.57 Å². The second-order valence-corrected chi connectivity index (χ2v) is 8.31. The molecule has 0 fully saturated rings. The van der Waals surface area contributed by atoms with Crippen LogP contribution in [0.1, 0.15) is 26.3 Å². The summed E-state index contributed by atoms with van der Waals surface area (Å²) in [6.07, 6.45) is -0.770. The predicted molar refractivity (Wildman–Crippen MR) is 84.1 cm³/mol. The second-order valence-electron chi connectivity index (χ2n) is 5.62. The van der Waals surface area contributed by atoms with Gasteiger partial charge in [-0.1, -0.05) is 0 Å². The van der Waals surface area contributed by atoms with Crippen LogP contribution in [0.5, 0.6) is 0 Å². The Morgan fingerprint density at radius 1 is 1.39 bits per heavy atom. The average Bonchev–Trinajstić information content (AvgIpc) is 2.48. The maximum absolute atomic E-state index is 12.0. The summed E-state index contributed by atoms with van der Waals surface area (Å²) < 4.78 is 11.2. The average molecular weight is 501 g/mol. The van der Waals surface area contributed by atoms with Crippen molar-refractivity contribution < 1.29 is 44.1 Å². The number of halogens is 2. The van der Waals surface area contributed by atoms with Crippen molar-refractivity contribution in [2.75, 3.05) is 6.61 Å². The SMILES string of the molecule is CC(C)(C)OC(=O)N[C@@H](CO)C(=O)O[I-]c1cccc(CBr)c1. The third kappa shape index (κ3) is 7.98. The Morgan fingerprint density at radius 2 is 2.09 bits per heavy atom. The van der Waals surface area contributed by atoms with Crippen LogP contribution in [-0.4, -0.2) is 35.4 Å². The van der Waals surface area contributed by atoms with Crippen molar-refractivity contribution in [1.29, 1.82) is 0 Å². The second kappa shape index (κ2) is 9.43. The number of benzene rings is 1. The van der Waals surface area contributed by atoms with Gasteiger partial charge in [-0.2, -0.15) is 0 Å². The number of amides is 1. The fraction of sp³-hybridized carbons (Fsp3) is 0.467. The molecule has 0 aromatic heterocycles. The summed E-state index contributed by atoms with van der Waals surface area (Å²) in [6, 6.07) is 6.54. The van der Waals surface area contributed by atoms with E-state index in [1.165, 1.54) is 0 Å². The quantitative estimate of drug-likeness (QED) is 0.394. The number of hydrogen-bond acceptors (Lipinski definition) is 5. The Kier molecular flexibility index (Phi) is 8.27. The van der Waals surface area contributed by atoms with Gasteiger partial charge in [-0.25, -0.2) is 0 Å². The minimum absolute atomic E-state index is 0.552. The molecule has 0 heterocycles. The van der Waals surface area contributed by atoms with Crippen molar-refractivity contribution >= 4 is 28.0 Å². The molecule has 0 aliphatic carbocycles. The Bertz CT molecular complexity index is 547. The Morgan fingerprint density at radius 3 is 2.65 bits per heavy atom. The van der Waals surface area contributed by atoms with Crippen LogP contribution in [0.3, 0.4) is 0 Å². The zero-order valence-electron chi connectivity index (χ0n) is 13.1. The molecule has 8 heteroatoms. The number of nitrogens with one attached hydrogen (secondary N) is 1. The topological polar surface area (TPSA) is 84.9 Å². The third-order valence-corrected chi connectivity index (χ3v) is 4.89. The number of aliphatic hydroxyl groups is 1. The van der Waals surface area contributed by atoms with Gasteiger partial charge in [0.05, 0.1) is 0 Å². The number of hydrogen-bond donors (Lipinski definition) is 2. The Labute approximate surface area is 154 Å². The van der Waals surface area contributed by atoms with Crippen LogP contribution < -0.4 is 26.9 Å². The van der Waals surface area contributed by atoms with E-state index >= 15 is 0 Å². The molecule has 1 aromatic carbocycles. The van der Waals surface area contributed by atoms with Gasteiger partial charge in [0.25, 0.3) is 0 Å². The number of alkyl halides is 1. The standard InChI is InChI=1S/C15H20BrINO5/c1-15(2,3)22-14(21)18-12(9-19)13(20)23-17-11-6-4-5-10(7-11)8-16/h4-7,12,19H,8-9H2,1-3H3,(H,18,21)/q-1/t12-/m0/s1. The molecule has 0 unspecified atom stereocenters. The summed E-state index contributed by atoms with van der Waals surface area (Å²) in [5, 5.41) is 12.3. The number of aliphatic hydroxyl groups excluding tert-OH is 1. The zero-order chi connectivity index (χ0) is 17.5. The van der Waals surface area contributed by atoms with Crippen LogP contribution in [0.2, 0.25) is 0 Å². The fourth-order valence-corrected chi connectivity index (χ4v) is 3.44. The monoisotopic (exact) mass is 500 g/mol. The van der Waals surface area contributed by atoms with Gasteiger partial charge in [-0.3, -0.25) is 0 Å². The summed E-state index contributed by atoms with van der Waals surface area (Å²) in [6.45, 7) is 4.58. The first-order valence-corrected chi connectivity index (χ1v) is 9.94. The van der Waals surface area contributed by atoms with Gasteiger partial charge < -0.3 is 0 Å². The van der Waals surface area contributed by atoms with Crippen LogP contribution in [0.15, 0.2) is 24.3 Å². The van der Waals surface area contributed by atoms with Gasteiger partial charge >= 0.3 is 155 Å². The molecular formula is C15H20BrINO5-. The summed E-state index contributed by atoms with van der Waals surface area (Å²) in [7, 11) is 0. The summed E-state index contributed by atoms with van der Waals surface area (Å²) in [5.74, 6) is -0.671. The van der Waals surface area contributed by atoms with Crippen molar-refractivity contribution in [2.24, 2.45) is 0 Å². The molecule has 6 nitrogen and oxygen atoms in total. The van der Waals surface area contributed by atoms with E-state index in [0.29, 0.717) is 0 Å². The molecule has 130 valence electrons. The number of rotatable bonds is 6. The molecule has 1 aromatic rings. The summed E-state index contributed by atoms with van der Waals surface area (Å²) >= 11 is 2.36. The van der Waals surface area contributed by atoms with E-state index in [-0.39, 0.29) is 0 Å². The summed E-state index contributed by atoms with van der Waals surface area (Å²) in [4.78, 5) is 23.6. The van der Waals surface area contributed by atoms with Gasteiger partial charge in [-0.05, 0) is 0 Å². The van der Waals surface area contributed by atoms with Crippen LogP contribution in [-0.2, 0) is 17.9 Å². The first-order chi connectivity index (χ1) is 10.7. The van der Waals surface area contributed by atoms with E-state index in [1.54, 1.807) is 20.8 Å². The first-order valence-electron chi connectivity index (χ1n) is 6.86. The third-order valence-electron chi connectivity index (χ3n) is 2.41. The van der Waals surface area contributed by atoms with E-state index in [2.05, 4.69) is 21.2 Å². The van der Waals surface area contributed by atoms with Gasteiger partial charge in [0.2, 0.25) is 0 Å². The molecule has 1 atom stereocenters. The molecule has 0 aliphatic heterocycles. The number of alkyl carbamates (subject to hydrolysis) is 1. The fourth-order valence-electron chi connectivity index (χ4n) is 1.43. The number of carbonyl (C=O) groups is 2. The van der Waals surface area contributed by atoms with E-state index in [4.69, 9.17) is 7.80 Å². The molecule has 0 radical (unpaired) electrons. The minimum atomic E-state index is -1.14. The van der Waals surface area contributed by atoms with Crippen molar-refractivity contribution in [3.05, 3.63) is 33.4 Å². The first kappa shape index (κ1) is 20.2. The summed E-state index contributed by atoms with van der Waals surface area (Å²) in [5.41, 5.74) is 0.403. The normalized spacial score (nSPS) is 12.6. The molecule has 1 rings (SSSR count). The van der Waals surface area contributed by atoms with Gasteiger partial charge in [0.15, 0.2) is 0 Å². The molecule has 2 N–H and O–H groups in total. The van der Waals surface area contributed by atoms with E-state index in [1.807, 2.05) is 24.3 Å². The van der Waals surface area contributed by atoms with Gasteiger partial charge in [0.1, 0.15) is 0 Å². The maximum atomic E-state index is 12.0. The van der Waals surface area contributed by atoms with Crippen molar-refractivity contribution in [3.8, 4) is 0 Å². The van der Waals surface area contributed by atoms with Gasteiger partial charge in [-0.15, -0.1) is 0 Å². The Balaban J connectivity index is 2.54. The van der Waals surface area contributed by atoms with E-state index in [9.17, 15) is 14.7 Å². The molecule has 1 amide bonds. The molecule has 0 saturated carbocycles. The van der Waals surface area contributed by atoms with Crippen LogP contribution in [0.25, 0.3) is 0 Å². The number of carbonyl (C=O) groups excluding carboxylic acids is 2. The van der Waals surface area contributed by atoms with E-state index in [0.717, 1.165) is 14.5 Å². The zero-order valence-corrected chi connectivity index (χ0v) is 16.9.